The fourth-order valence-corrected chi connectivity index (χ4v) is 5.01. The van der Waals surface area contributed by atoms with Crippen molar-refractivity contribution in [1.29, 1.82) is 0 Å². The van der Waals surface area contributed by atoms with Crippen LogP contribution in [0.4, 0.5) is 25.3 Å². The number of hydrogen-bond acceptors (Lipinski definition) is 8. The lowest BCUT2D eigenvalue weighted by molar-refractivity contribution is 0.126. The van der Waals surface area contributed by atoms with Crippen LogP contribution < -0.4 is 10.6 Å². The van der Waals surface area contributed by atoms with Crippen LogP contribution in [0.5, 0.6) is 0 Å². The molecule has 1 aliphatic rings. The van der Waals surface area contributed by atoms with E-state index >= 15 is 0 Å². The molecule has 4 aromatic rings. The van der Waals surface area contributed by atoms with Gasteiger partial charge in [0, 0.05) is 57.4 Å². The Morgan fingerprint density at radius 2 is 1.83 bits per heavy atom. The molecular formula is C29H35F2N9O2. The van der Waals surface area contributed by atoms with Gasteiger partial charge >= 0.3 is 6.09 Å². The number of nitrogens with one attached hydrogen (secondary N) is 3. The summed E-state index contributed by atoms with van der Waals surface area (Å²) in [5.41, 5.74) is 2.02. The van der Waals surface area contributed by atoms with Crippen molar-refractivity contribution in [2.45, 2.75) is 33.2 Å². The highest BCUT2D eigenvalue weighted by atomic mass is 19.1. The first kappa shape index (κ1) is 29.3. The van der Waals surface area contributed by atoms with Crippen LogP contribution >= 0.6 is 0 Å². The lowest BCUT2D eigenvalue weighted by Gasteiger charge is -2.34. The van der Waals surface area contributed by atoms with E-state index in [9.17, 15) is 13.6 Å². The molecule has 1 fully saturated rings. The summed E-state index contributed by atoms with van der Waals surface area (Å²) in [5, 5.41) is 14.1. The Bertz CT molecular complexity index is 1520. The highest BCUT2D eigenvalue weighted by Crippen LogP contribution is 2.28. The van der Waals surface area contributed by atoms with Gasteiger partial charge in [0.2, 0.25) is 5.95 Å². The number of aromatic amines is 1. The van der Waals surface area contributed by atoms with Gasteiger partial charge in [-0.25, -0.2) is 33.5 Å². The van der Waals surface area contributed by atoms with E-state index in [1.807, 2.05) is 12.1 Å². The Balaban J connectivity index is 1.19. The SMILES string of the molecule is CC(C)Cc1nc2c(F)cc(-c3nc(Nc4ccc(CN5CCN(CCCNC(=O)O)CC5)cn4)ncc3F)cc2[nH]1. The van der Waals surface area contributed by atoms with Crippen LogP contribution in [0.3, 0.4) is 0 Å². The molecule has 13 heteroatoms. The maximum absolute atomic E-state index is 14.9. The standard InChI is InChI=1S/C29H35F2N9O2/c1-18(2)12-25-35-23-14-20(13-21(30)27(23)36-25)26-22(31)16-34-28(38-26)37-24-5-4-19(15-33-24)17-40-10-8-39(9-11-40)7-3-6-32-29(41)42/h4-5,13-16,18,32H,3,6-12,17H2,1-2H3,(H,35,36)(H,41,42)(H,33,34,37,38). The molecule has 4 heterocycles. The van der Waals surface area contributed by atoms with E-state index in [4.69, 9.17) is 5.11 Å². The molecule has 3 aromatic heterocycles. The van der Waals surface area contributed by atoms with E-state index in [0.29, 0.717) is 36.0 Å². The number of carbonyl (C=O) groups is 1. The average Bonchev–Trinajstić information content (AvgIpc) is 3.36. The number of amides is 1. The first-order valence-electron chi connectivity index (χ1n) is 14.1. The summed E-state index contributed by atoms with van der Waals surface area (Å²) in [4.78, 5) is 35.6. The smallest absolute Gasteiger partial charge is 0.404 e. The molecule has 0 atom stereocenters. The van der Waals surface area contributed by atoms with Crippen LogP contribution in [0, 0.1) is 17.6 Å². The summed E-state index contributed by atoms with van der Waals surface area (Å²) in [5.74, 6) is 0.471. The molecule has 0 spiro atoms. The van der Waals surface area contributed by atoms with Crippen LogP contribution in [0.1, 0.15) is 31.7 Å². The van der Waals surface area contributed by atoms with E-state index in [1.165, 1.54) is 6.07 Å². The van der Waals surface area contributed by atoms with Crippen molar-refractivity contribution >= 4 is 28.9 Å². The molecule has 1 aliphatic heterocycles. The van der Waals surface area contributed by atoms with Crippen molar-refractivity contribution < 1.29 is 18.7 Å². The van der Waals surface area contributed by atoms with Gasteiger partial charge in [-0.3, -0.25) is 4.90 Å². The van der Waals surface area contributed by atoms with E-state index in [1.54, 1.807) is 12.3 Å². The lowest BCUT2D eigenvalue weighted by Crippen LogP contribution is -2.46. The first-order chi connectivity index (χ1) is 20.2. The maximum Gasteiger partial charge on any atom is 0.404 e. The topological polar surface area (TPSA) is 135 Å². The van der Waals surface area contributed by atoms with E-state index < -0.39 is 17.7 Å². The minimum atomic E-state index is -0.986. The summed E-state index contributed by atoms with van der Waals surface area (Å²) in [6, 6.07) is 6.68. The molecule has 0 bridgehead atoms. The molecule has 5 rings (SSSR count). The van der Waals surface area contributed by atoms with Gasteiger partial charge in [0.05, 0.1) is 11.7 Å². The predicted molar refractivity (Wildman–Crippen MR) is 155 cm³/mol. The van der Waals surface area contributed by atoms with Crippen LogP contribution in [0.15, 0.2) is 36.7 Å². The maximum atomic E-state index is 14.9. The number of carboxylic acid groups (broad SMARTS) is 1. The van der Waals surface area contributed by atoms with Gasteiger partial charge in [-0.15, -0.1) is 0 Å². The van der Waals surface area contributed by atoms with Crippen molar-refractivity contribution in [3.8, 4) is 11.3 Å². The van der Waals surface area contributed by atoms with Crippen LogP contribution in [-0.2, 0) is 13.0 Å². The van der Waals surface area contributed by atoms with E-state index in [0.717, 1.165) is 57.4 Å². The normalized spacial score (nSPS) is 14.5. The van der Waals surface area contributed by atoms with Gasteiger partial charge in [0.25, 0.3) is 0 Å². The molecule has 0 aliphatic carbocycles. The molecule has 1 aromatic carbocycles. The second kappa shape index (κ2) is 13.2. The lowest BCUT2D eigenvalue weighted by atomic mass is 10.1. The number of imidazole rings is 1. The van der Waals surface area contributed by atoms with E-state index in [2.05, 4.69) is 59.2 Å². The molecule has 4 N–H and O–H groups in total. The van der Waals surface area contributed by atoms with Gasteiger partial charge in [-0.2, -0.15) is 0 Å². The number of piperazine rings is 1. The Labute approximate surface area is 242 Å². The first-order valence-corrected chi connectivity index (χ1v) is 14.1. The number of aromatic nitrogens is 5. The third-order valence-electron chi connectivity index (χ3n) is 7.07. The average molecular weight is 580 g/mol. The third-order valence-corrected chi connectivity index (χ3v) is 7.07. The Kier molecular flexibility index (Phi) is 9.18. The molecule has 0 saturated carbocycles. The van der Waals surface area contributed by atoms with Crippen LogP contribution in [-0.4, -0.2) is 85.2 Å². The summed E-state index contributed by atoms with van der Waals surface area (Å²) < 4.78 is 29.6. The monoisotopic (exact) mass is 579 g/mol. The summed E-state index contributed by atoms with van der Waals surface area (Å²) in [7, 11) is 0. The second-order valence-electron chi connectivity index (χ2n) is 10.9. The molecule has 1 amide bonds. The molecule has 0 unspecified atom stereocenters. The number of halogens is 2. The summed E-state index contributed by atoms with van der Waals surface area (Å²) in [6.07, 6.45) is 3.32. The van der Waals surface area contributed by atoms with Gasteiger partial charge in [0.1, 0.15) is 22.9 Å². The number of fused-ring (bicyclic) bond motifs is 1. The molecular weight excluding hydrogens is 544 g/mol. The van der Waals surface area contributed by atoms with Gasteiger partial charge in [-0.1, -0.05) is 19.9 Å². The number of benzene rings is 1. The quantitative estimate of drug-likeness (QED) is 0.191. The molecule has 1 saturated heterocycles. The third kappa shape index (κ3) is 7.53. The van der Waals surface area contributed by atoms with Crippen molar-refractivity contribution in [1.82, 2.24) is 40.0 Å². The zero-order chi connectivity index (χ0) is 29.6. The minimum absolute atomic E-state index is 0.0257. The summed E-state index contributed by atoms with van der Waals surface area (Å²) >= 11 is 0. The largest absolute Gasteiger partial charge is 0.465 e. The Morgan fingerprint density at radius 1 is 1.05 bits per heavy atom. The Hall–Kier alpha value is -4.23. The molecule has 222 valence electrons. The van der Waals surface area contributed by atoms with Crippen molar-refractivity contribution in [2.24, 2.45) is 5.92 Å². The number of pyridine rings is 1. The van der Waals surface area contributed by atoms with E-state index in [-0.39, 0.29) is 22.7 Å². The Morgan fingerprint density at radius 3 is 2.55 bits per heavy atom. The number of H-pyrrole nitrogens is 1. The molecule has 0 radical (unpaired) electrons. The van der Waals surface area contributed by atoms with Gasteiger partial charge in [0.15, 0.2) is 11.6 Å². The summed E-state index contributed by atoms with van der Waals surface area (Å²) in [6.45, 7) is 9.91. The van der Waals surface area contributed by atoms with Gasteiger partial charge in [-0.05, 0) is 42.6 Å². The van der Waals surface area contributed by atoms with Crippen molar-refractivity contribution in [2.75, 3.05) is 44.6 Å². The fraction of sp³-hybridized carbons (Fsp3) is 0.414. The molecule has 42 heavy (non-hydrogen) atoms. The predicted octanol–water partition coefficient (Wildman–Crippen LogP) is 4.41. The highest BCUT2D eigenvalue weighted by Gasteiger charge is 2.18. The second-order valence-corrected chi connectivity index (χ2v) is 10.9. The molecule has 11 nitrogen and oxygen atoms in total. The van der Waals surface area contributed by atoms with Crippen molar-refractivity contribution in [3.63, 3.8) is 0 Å². The number of hydrogen-bond donors (Lipinski definition) is 4. The number of anilines is 2. The van der Waals surface area contributed by atoms with Crippen LogP contribution in [0.25, 0.3) is 22.3 Å². The van der Waals surface area contributed by atoms with Crippen LogP contribution in [0.2, 0.25) is 0 Å². The highest BCUT2D eigenvalue weighted by molar-refractivity contribution is 5.82. The zero-order valence-electron chi connectivity index (χ0n) is 23.7. The fourth-order valence-electron chi connectivity index (χ4n) is 5.01. The number of rotatable bonds is 11. The van der Waals surface area contributed by atoms with Gasteiger partial charge < -0.3 is 25.6 Å². The number of nitrogens with zero attached hydrogens (tertiary/aromatic N) is 6. The van der Waals surface area contributed by atoms with Crippen molar-refractivity contribution in [3.05, 3.63) is 59.7 Å². The zero-order valence-corrected chi connectivity index (χ0v) is 23.7. The minimum Gasteiger partial charge on any atom is -0.465 e.